The van der Waals surface area contributed by atoms with Crippen molar-refractivity contribution >= 4 is 22.3 Å². The van der Waals surface area contributed by atoms with Gasteiger partial charge in [-0.1, -0.05) is 0 Å². The minimum atomic E-state index is -0.437. The van der Waals surface area contributed by atoms with Crippen molar-refractivity contribution in [2.75, 3.05) is 31.2 Å². The predicted molar refractivity (Wildman–Crippen MR) is 90.4 cm³/mol. The Bertz CT molecular complexity index is 804. The van der Waals surface area contributed by atoms with E-state index >= 15 is 0 Å². The number of nitrogens with one attached hydrogen (secondary N) is 1. The lowest BCUT2D eigenvalue weighted by atomic mass is 9.98. The molecule has 0 saturated carbocycles. The van der Waals surface area contributed by atoms with E-state index in [1.54, 1.807) is 6.07 Å². The number of rotatable bonds is 5. The van der Waals surface area contributed by atoms with Crippen molar-refractivity contribution in [3.05, 3.63) is 38.9 Å². The van der Waals surface area contributed by atoms with E-state index in [0.29, 0.717) is 36.9 Å². The van der Waals surface area contributed by atoms with Crippen LogP contribution in [0.15, 0.2) is 23.3 Å². The SMILES string of the molecule is CCOCC1CCCN(c2cc3nc[nH]c(=O)c3cc2[N+](=O)[O-])C1. The zero-order valence-electron chi connectivity index (χ0n) is 13.5. The highest BCUT2D eigenvalue weighted by Gasteiger charge is 2.26. The zero-order chi connectivity index (χ0) is 17.1. The fourth-order valence-corrected chi connectivity index (χ4v) is 3.20. The summed E-state index contributed by atoms with van der Waals surface area (Å²) in [4.78, 5) is 31.5. The van der Waals surface area contributed by atoms with Gasteiger partial charge in [0.15, 0.2) is 0 Å². The van der Waals surface area contributed by atoms with Gasteiger partial charge in [0.25, 0.3) is 11.2 Å². The summed E-state index contributed by atoms with van der Waals surface area (Å²) in [7, 11) is 0. The van der Waals surface area contributed by atoms with Crippen LogP contribution in [-0.2, 0) is 4.74 Å². The average molecular weight is 332 g/mol. The van der Waals surface area contributed by atoms with Gasteiger partial charge in [-0.05, 0) is 31.7 Å². The summed E-state index contributed by atoms with van der Waals surface area (Å²) in [5.74, 6) is 0.348. The maximum atomic E-state index is 11.9. The molecule has 8 nitrogen and oxygen atoms in total. The molecule has 1 aromatic carbocycles. The lowest BCUT2D eigenvalue weighted by Crippen LogP contribution is -2.37. The molecule has 128 valence electrons. The highest BCUT2D eigenvalue weighted by Crippen LogP contribution is 2.34. The van der Waals surface area contributed by atoms with Crippen LogP contribution in [0.5, 0.6) is 0 Å². The molecule has 1 aliphatic rings. The number of nitro benzene ring substituents is 1. The average Bonchev–Trinajstić information content (AvgIpc) is 2.59. The number of fused-ring (bicyclic) bond motifs is 1. The van der Waals surface area contributed by atoms with Gasteiger partial charge in [0.1, 0.15) is 5.69 Å². The number of hydrogen-bond donors (Lipinski definition) is 1. The van der Waals surface area contributed by atoms with E-state index in [0.717, 1.165) is 19.4 Å². The summed E-state index contributed by atoms with van der Waals surface area (Å²) < 4.78 is 5.50. The van der Waals surface area contributed by atoms with E-state index in [1.807, 2.05) is 11.8 Å². The molecule has 0 aliphatic carbocycles. The van der Waals surface area contributed by atoms with E-state index in [9.17, 15) is 14.9 Å². The predicted octanol–water partition coefficient (Wildman–Crippen LogP) is 2.08. The van der Waals surface area contributed by atoms with Gasteiger partial charge in [-0.15, -0.1) is 0 Å². The number of piperidine rings is 1. The van der Waals surface area contributed by atoms with E-state index in [2.05, 4.69) is 9.97 Å². The third-order valence-electron chi connectivity index (χ3n) is 4.35. The number of H-pyrrole nitrogens is 1. The fourth-order valence-electron chi connectivity index (χ4n) is 3.20. The van der Waals surface area contributed by atoms with Gasteiger partial charge >= 0.3 is 0 Å². The first-order chi connectivity index (χ1) is 11.6. The summed E-state index contributed by atoms with van der Waals surface area (Å²) in [6.07, 6.45) is 3.32. The van der Waals surface area contributed by atoms with Gasteiger partial charge in [0, 0.05) is 25.8 Å². The summed E-state index contributed by atoms with van der Waals surface area (Å²) in [6.45, 7) is 4.73. The largest absolute Gasteiger partial charge is 0.381 e. The van der Waals surface area contributed by atoms with Crippen LogP contribution in [0.1, 0.15) is 19.8 Å². The van der Waals surface area contributed by atoms with E-state index < -0.39 is 4.92 Å². The Kier molecular flexibility index (Phi) is 4.75. The number of anilines is 1. The number of hydrogen-bond acceptors (Lipinski definition) is 6. The second-order valence-electron chi connectivity index (χ2n) is 5.96. The van der Waals surface area contributed by atoms with Crippen LogP contribution in [0.3, 0.4) is 0 Å². The third kappa shape index (κ3) is 3.23. The van der Waals surface area contributed by atoms with Crippen LogP contribution in [0.2, 0.25) is 0 Å². The standard InChI is InChI=1S/C16H20N4O4/c1-2-24-9-11-4-3-5-19(8-11)14-7-13-12(6-15(14)20(22)23)16(21)18-10-17-13/h6-7,10-11H,2-5,8-9H2,1H3,(H,17,18,21). The van der Waals surface area contributed by atoms with Crippen LogP contribution in [-0.4, -0.2) is 41.2 Å². The van der Waals surface area contributed by atoms with Crippen LogP contribution in [0.25, 0.3) is 10.9 Å². The van der Waals surface area contributed by atoms with Crippen LogP contribution >= 0.6 is 0 Å². The van der Waals surface area contributed by atoms with E-state index in [1.165, 1.54) is 12.4 Å². The van der Waals surface area contributed by atoms with Crippen molar-refractivity contribution < 1.29 is 9.66 Å². The molecule has 24 heavy (non-hydrogen) atoms. The van der Waals surface area contributed by atoms with Gasteiger partial charge in [-0.2, -0.15) is 0 Å². The lowest BCUT2D eigenvalue weighted by molar-refractivity contribution is -0.384. The molecule has 3 rings (SSSR count). The molecular formula is C16H20N4O4. The number of benzene rings is 1. The highest BCUT2D eigenvalue weighted by atomic mass is 16.6. The first kappa shape index (κ1) is 16.4. The smallest absolute Gasteiger partial charge is 0.293 e. The molecule has 0 radical (unpaired) electrons. The molecule has 2 heterocycles. The van der Waals surface area contributed by atoms with Gasteiger partial charge < -0.3 is 14.6 Å². The molecule has 0 spiro atoms. The maximum absolute atomic E-state index is 11.9. The normalized spacial score (nSPS) is 18.0. The maximum Gasteiger partial charge on any atom is 0.293 e. The minimum absolute atomic E-state index is 0.0574. The monoisotopic (exact) mass is 332 g/mol. The lowest BCUT2D eigenvalue weighted by Gasteiger charge is -2.34. The molecule has 1 fully saturated rings. The first-order valence-electron chi connectivity index (χ1n) is 8.08. The van der Waals surface area contributed by atoms with Gasteiger partial charge in [0.2, 0.25) is 0 Å². The molecule has 1 aromatic heterocycles. The van der Waals surface area contributed by atoms with Crippen molar-refractivity contribution in [1.29, 1.82) is 0 Å². The molecule has 1 N–H and O–H groups in total. The van der Waals surface area contributed by atoms with Crippen molar-refractivity contribution in [3.8, 4) is 0 Å². The number of aromatic nitrogens is 2. The van der Waals surface area contributed by atoms with Crippen molar-refractivity contribution in [3.63, 3.8) is 0 Å². The van der Waals surface area contributed by atoms with Crippen molar-refractivity contribution in [2.45, 2.75) is 19.8 Å². The molecular weight excluding hydrogens is 312 g/mol. The number of ether oxygens (including phenoxy) is 1. The highest BCUT2D eigenvalue weighted by molar-refractivity contribution is 5.87. The van der Waals surface area contributed by atoms with E-state index in [4.69, 9.17) is 4.74 Å². The van der Waals surface area contributed by atoms with Gasteiger partial charge in [0.05, 0.1) is 28.8 Å². The topological polar surface area (TPSA) is 101 Å². The van der Waals surface area contributed by atoms with Crippen LogP contribution < -0.4 is 10.5 Å². The van der Waals surface area contributed by atoms with Crippen molar-refractivity contribution in [1.82, 2.24) is 9.97 Å². The van der Waals surface area contributed by atoms with Crippen molar-refractivity contribution in [2.24, 2.45) is 5.92 Å². The molecule has 8 heteroatoms. The number of nitrogens with zero attached hydrogens (tertiary/aromatic N) is 3. The number of aromatic amines is 1. The second-order valence-corrected chi connectivity index (χ2v) is 5.96. The molecule has 1 aliphatic heterocycles. The molecule has 0 amide bonds. The Morgan fingerprint density at radius 3 is 3.08 bits per heavy atom. The molecule has 0 bridgehead atoms. The summed E-state index contributed by atoms with van der Waals surface area (Å²) in [6, 6.07) is 2.97. The Morgan fingerprint density at radius 1 is 1.50 bits per heavy atom. The van der Waals surface area contributed by atoms with E-state index in [-0.39, 0.29) is 16.6 Å². The Labute approximate surface area is 138 Å². The van der Waals surface area contributed by atoms with Crippen LogP contribution in [0, 0.1) is 16.0 Å². The summed E-state index contributed by atoms with van der Waals surface area (Å²) in [5.41, 5.74) is 0.554. The molecule has 1 atom stereocenters. The number of nitro groups is 1. The Hall–Kier alpha value is -2.48. The zero-order valence-corrected chi connectivity index (χ0v) is 13.5. The summed E-state index contributed by atoms with van der Waals surface area (Å²) >= 11 is 0. The third-order valence-corrected chi connectivity index (χ3v) is 4.35. The van der Waals surface area contributed by atoms with Gasteiger partial charge in [-0.25, -0.2) is 4.98 Å². The Balaban J connectivity index is 1.99. The van der Waals surface area contributed by atoms with Gasteiger partial charge in [-0.3, -0.25) is 14.9 Å². The molecule has 1 unspecified atom stereocenters. The molecule has 2 aromatic rings. The Morgan fingerprint density at radius 2 is 2.33 bits per heavy atom. The second kappa shape index (κ2) is 6.96. The minimum Gasteiger partial charge on any atom is -0.381 e. The molecule has 1 saturated heterocycles. The summed E-state index contributed by atoms with van der Waals surface area (Å²) in [5, 5.41) is 11.7. The quantitative estimate of drug-likeness (QED) is 0.664. The van der Waals surface area contributed by atoms with Crippen LogP contribution in [0.4, 0.5) is 11.4 Å². The first-order valence-corrected chi connectivity index (χ1v) is 8.08. The fraction of sp³-hybridized carbons (Fsp3) is 0.500.